The Labute approximate surface area is 125 Å². The molecule has 1 aliphatic rings. The third-order valence-corrected chi connectivity index (χ3v) is 5.12. The van der Waals surface area contributed by atoms with Crippen molar-refractivity contribution in [2.45, 2.75) is 49.5 Å². The van der Waals surface area contributed by atoms with E-state index in [2.05, 4.69) is 5.32 Å². The molecule has 0 unspecified atom stereocenters. The maximum atomic E-state index is 11.6. The number of benzene rings is 1. The molecule has 7 heteroatoms. The zero-order valence-electron chi connectivity index (χ0n) is 12.2. The summed E-state index contributed by atoms with van der Waals surface area (Å²) in [5, 5.41) is 18.8. The van der Waals surface area contributed by atoms with Gasteiger partial charge in [0, 0.05) is 17.9 Å². The smallest absolute Gasteiger partial charge is 0.238 e. The summed E-state index contributed by atoms with van der Waals surface area (Å²) in [6, 6.07) is 3.02. The molecule has 0 saturated heterocycles. The molecule has 118 valence electrons. The van der Waals surface area contributed by atoms with E-state index in [9.17, 15) is 13.5 Å². The molecular weight excluding hydrogens is 290 g/mol. The summed E-state index contributed by atoms with van der Waals surface area (Å²) in [5.41, 5.74) is 6.44. The highest BCUT2D eigenvalue weighted by atomic mass is 32.2. The first-order valence-electron chi connectivity index (χ1n) is 7.10. The SMILES string of the molecule is Cc1c(NCC2(O)CCCCC2)cc(N)cc1S(N)(=O)=O. The summed E-state index contributed by atoms with van der Waals surface area (Å²) in [6.45, 7) is 2.05. The largest absolute Gasteiger partial charge is 0.399 e. The molecule has 2 rings (SSSR count). The summed E-state index contributed by atoms with van der Waals surface area (Å²) in [5.74, 6) is 0. The molecule has 1 aliphatic carbocycles. The molecule has 0 heterocycles. The molecule has 0 aliphatic heterocycles. The van der Waals surface area contributed by atoms with Crippen LogP contribution in [0, 0.1) is 6.92 Å². The number of primary sulfonamides is 1. The van der Waals surface area contributed by atoms with Crippen LogP contribution in [0.15, 0.2) is 17.0 Å². The van der Waals surface area contributed by atoms with E-state index in [0.29, 0.717) is 23.5 Å². The highest BCUT2D eigenvalue weighted by Crippen LogP contribution is 2.30. The van der Waals surface area contributed by atoms with Gasteiger partial charge < -0.3 is 16.2 Å². The molecule has 21 heavy (non-hydrogen) atoms. The Morgan fingerprint density at radius 2 is 1.90 bits per heavy atom. The summed E-state index contributed by atoms with van der Waals surface area (Å²) in [4.78, 5) is 0.0145. The first kappa shape index (κ1) is 16.1. The highest BCUT2D eigenvalue weighted by molar-refractivity contribution is 7.89. The van der Waals surface area contributed by atoms with Gasteiger partial charge in [0.15, 0.2) is 0 Å². The molecule has 1 fully saturated rings. The summed E-state index contributed by atoms with van der Waals surface area (Å²) in [6.07, 6.45) is 4.68. The average Bonchev–Trinajstić information content (AvgIpc) is 2.39. The van der Waals surface area contributed by atoms with E-state index in [1.165, 1.54) is 6.07 Å². The Morgan fingerprint density at radius 1 is 1.29 bits per heavy atom. The van der Waals surface area contributed by atoms with E-state index >= 15 is 0 Å². The monoisotopic (exact) mass is 313 g/mol. The molecule has 1 aromatic rings. The molecule has 0 radical (unpaired) electrons. The molecule has 6 N–H and O–H groups in total. The number of rotatable bonds is 4. The number of hydrogen-bond donors (Lipinski definition) is 4. The maximum Gasteiger partial charge on any atom is 0.238 e. The van der Waals surface area contributed by atoms with Gasteiger partial charge in [-0.15, -0.1) is 0 Å². The Morgan fingerprint density at radius 3 is 2.48 bits per heavy atom. The van der Waals surface area contributed by atoms with Crippen molar-refractivity contribution < 1.29 is 13.5 Å². The van der Waals surface area contributed by atoms with Gasteiger partial charge in [-0.1, -0.05) is 19.3 Å². The van der Waals surface area contributed by atoms with Gasteiger partial charge in [0.25, 0.3) is 0 Å². The zero-order chi connectivity index (χ0) is 15.7. The van der Waals surface area contributed by atoms with Crippen LogP contribution in [0.5, 0.6) is 0 Å². The number of nitrogens with one attached hydrogen (secondary N) is 1. The molecule has 0 bridgehead atoms. The Kier molecular flexibility index (Phi) is 4.46. The normalized spacial score (nSPS) is 18.4. The van der Waals surface area contributed by atoms with Crippen LogP contribution in [-0.2, 0) is 10.0 Å². The van der Waals surface area contributed by atoms with Gasteiger partial charge >= 0.3 is 0 Å². The van der Waals surface area contributed by atoms with Crippen molar-refractivity contribution in [3.05, 3.63) is 17.7 Å². The second kappa shape index (κ2) is 5.82. The number of aliphatic hydroxyl groups is 1. The van der Waals surface area contributed by atoms with E-state index in [4.69, 9.17) is 10.9 Å². The fourth-order valence-electron chi connectivity index (χ4n) is 2.83. The molecular formula is C14H23N3O3S. The van der Waals surface area contributed by atoms with Crippen LogP contribution >= 0.6 is 0 Å². The van der Waals surface area contributed by atoms with E-state index in [1.807, 2.05) is 0 Å². The molecule has 0 amide bonds. The third kappa shape index (κ3) is 3.87. The minimum absolute atomic E-state index is 0.0145. The van der Waals surface area contributed by atoms with Crippen molar-refractivity contribution in [2.24, 2.45) is 5.14 Å². The van der Waals surface area contributed by atoms with Crippen molar-refractivity contribution in [1.82, 2.24) is 0 Å². The number of nitrogen functional groups attached to an aromatic ring is 1. The first-order chi connectivity index (χ1) is 9.71. The van der Waals surface area contributed by atoms with Gasteiger partial charge in [-0.25, -0.2) is 13.6 Å². The number of sulfonamides is 1. The minimum Gasteiger partial charge on any atom is -0.399 e. The molecule has 1 saturated carbocycles. The van der Waals surface area contributed by atoms with Crippen molar-refractivity contribution in [1.29, 1.82) is 0 Å². The third-order valence-electron chi connectivity index (χ3n) is 4.08. The number of anilines is 2. The van der Waals surface area contributed by atoms with Gasteiger partial charge in [-0.05, 0) is 37.5 Å². The van der Waals surface area contributed by atoms with Gasteiger partial charge in [0.2, 0.25) is 10.0 Å². The van der Waals surface area contributed by atoms with Crippen LogP contribution in [0.1, 0.15) is 37.7 Å². The van der Waals surface area contributed by atoms with E-state index in [1.54, 1.807) is 13.0 Å². The van der Waals surface area contributed by atoms with E-state index < -0.39 is 15.6 Å². The maximum absolute atomic E-state index is 11.6. The van der Waals surface area contributed by atoms with Crippen LogP contribution in [-0.4, -0.2) is 25.7 Å². The fourth-order valence-corrected chi connectivity index (χ4v) is 3.67. The zero-order valence-corrected chi connectivity index (χ0v) is 13.0. The predicted molar refractivity (Wildman–Crippen MR) is 83.5 cm³/mol. The highest BCUT2D eigenvalue weighted by Gasteiger charge is 2.29. The van der Waals surface area contributed by atoms with Crippen molar-refractivity contribution in [3.63, 3.8) is 0 Å². The van der Waals surface area contributed by atoms with Crippen LogP contribution in [0.25, 0.3) is 0 Å². The number of nitrogens with two attached hydrogens (primary N) is 2. The van der Waals surface area contributed by atoms with Gasteiger partial charge in [-0.3, -0.25) is 0 Å². The molecule has 0 aromatic heterocycles. The Hall–Kier alpha value is -1.31. The molecule has 0 spiro atoms. The van der Waals surface area contributed by atoms with Gasteiger partial charge in [-0.2, -0.15) is 0 Å². The molecule has 1 aromatic carbocycles. The quantitative estimate of drug-likeness (QED) is 0.625. The number of hydrogen-bond acceptors (Lipinski definition) is 5. The fraction of sp³-hybridized carbons (Fsp3) is 0.571. The van der Waals surface area contributed by atoms with Crippen molar-refractivity contribution >= 4 is 21.4 Å². The first-order valence-corrected chi connectivity index (χ1v) is 8.65. The van der Waals surface area contributed by atoms with Gasteiger partial charge in [0.1, 0.15) is 0 Å². The Bertz CT molecular complexity index is 623. The van der Waals surface area contributed by atoms with Crippen LogP contribution in [0.4, 0.5) is 11.4 Å². The van der Waals surface area contributed by atoms with Crippen LogP contribution in [0.2, 0.25) is 0 Å². The molecule has 0 atom stereocenters. The van der Waals surface area contributed by atoms with E-state index in [0.717, 1.165) is 32.1 Å². The minimum atomic E-state index is -3.82. The standard InChI is InChI=1S/C14H23N3O3S/c1-10-12(7-11(15)8-13(10)21(16,19)20)17-9-14(18)5-3-2-4-6-14/h7-8,17-18H,2-6,9,15H2,1H3,(H2,16,19,20). The van der Waals surface area contributed by atoms with Crippen molar-refractivity contribution in [2.75, 3.05) is 17.6 Å². The lowest BCUT2D eigenvalue weighted by molar-refractivity contribution is 0.0167. The molecule has 6 nitrogen and oxygen atoms in total. The lowest BCUT2D eigenvalue weighted by Crippen LogP contribution is -2.39. The van der Waals surface area contributed by atoms with Gasteiger partial charge in [0.05, 0.1) is 10.5 Å². The predicted octanol–water partition coefficient (Wildman–Crippen LogP) is 1.33. The second-order valence-electron chi connectivity index (χ2n) is 5.88. The summed E-state index contributed by atoms with van der Waals surface area (Å²) >= 11 is 0. The second-order valence-corrected chi connectivity index (χ2v) is 7.41. The summed E-state index contributed by atoms with van der Waals surface area (Å²) in [7, 11) is -3.82. The van der Waals surface area contributed by atoms with Crippen LogP contribution in [0.3, 0.4) is 0 Å². The average molecular weight is 313 g/mol. The Balaban J connectivity index is 2.22. The van der Waals surface area contributed by atoms with E-state index in [-0.39, 0.29) is 4.90 Å². The summed E-state index contributed by atoms with van der Waals surface area (Å²) < 4.78 is 23.1. The topological polar surface area (TPSA) is 118 Å². The lowest BCUT2D eigenvalue weighted by atomic mass is 9.85. The van der Waals surface area contributed by atoms with Crippen molar-refractivity contribution in [3.8, 4) is 0 Å². The lowest BCUT2D eigenvalue weighted by Gasteiger charge is -2.32. The van der Waals surface area contributed by atoms with Crippen LogP contribution < -0.4 is 16.2 Å².